The number of anilines is 2. The minimum Gasteiger partial charge on any atom is -0.459 e. The van der Waals surface area contributed by atoms with Crippen LogP contribution in [-0.2, 0) is 6.42 Å². The zero-order valence-corrected chi connectivity index (χ0v) is 20.0. The van der Waals surface area contributed by atoms with Crippen molar-refractivity contribution in [1.82, 2.24) is 29.5 Å². The highest BCUT2D eigenvalue weighted by atomic mass is 16.5. The molecule has 33 heavy (non-hydrogen) atoms. The largest absolute Gasteiger partial charge is 0.459 e. The highest BCUT2D eigenvalue weighted by Crippen LogP contribution is 2.25. The molecule has 0 unspecified atom stereocenters. The lowest BCUT2D eigenvalue weighted by Gasteiger charge is -2.36. The Balaban J connectivity index is 1.53. The second-order valence-electron chi connectivity index (χ2n) is 9.00. The first-order valence-corrected chi connectivity index (χ1v) is 11.6. The molecule has 1 saturated heterocycles. The lowest BCUT2D eigenvalue weighted by atomic mass is 10.0. The van der Waals surface area contributed by atoms with Crippen LogP contribution in [0.1, 0.15) is 60.4 Å². The maximum absolute atomic E-state index is 7.75. The number of piperidine rings is 1. The van der Waals surface area contributed by atoms with Gasteiger partial charge in [-0.25, -0.2) is 14.5 Å². The molecule has 0 aromatic carbocycles. The van der Waals surface area contributed by atoms with Crippen molar-refractivity contribution in [3.63, 3.8) is 0 Å². The van der Waals surface area contributed by atoms with E-state index in [2.05, 4.69) is 52.0 Å². The summed E-state index contributed by atoms with van der Waals surface area (Å²) in [5.41, 5.74) is 9.44. The van der Waals surface area contributed by atoms with Gasteiger partial charge in [0.2, 0.25) is 0 Å². The van der Waals surface area contributed by atoms with Gasteiger partial charge in [-0.15, -0.1) is 5.10 Å². The predicted octanol–water partition coefficient (Wildman–Crippen LogP) is 3.10. The van der Waals surface area contributed by atoms with E-state index >= 15 is 0 Å². The van der Waals surface area contributed by atoms with Crippen molar-refractivity contribution in [3.05, 3.63) is 35.3 Å². The number of fused-ring (bicyclic) bond motifs is 1. The normalized spacial score (nSPS) is 17.7. The van der Waals surface area contributed by atoms with Crippen molar-refractivity contribution >= 4 is 17.3 Å². The van der Waals surface area contributed by atoms with Gasteiger partial charge in [-0.3, -0.25) is 0 Å². The number of ether oxygens (including phenoxy) is 1. The zero-order valence-electron chi connectivity index (χ0n) is 23.0. The fourth-order valence-corrected chi connectivity index (χ4v) is 4.40. The summed E-state index contributed by atoms with van der Waals surface area (Å²) in [4.78, 5) is 18.0. The molecule has 4 heterocycles. The highest BCUT2D eigenvalue weighted by Gasteiger charge is 2.22. The first-order valence-electron chi connectivity index (χ1n) is 13.1. The molecule has 1 aliphatic heterocycles. The topological polar surface area (TPSA) is 97.7 Å². The zero-order chi connectivity index (χ0) is 26.0. The van der Waals surface area contributed by atoms with E-state index in [1.807, 2.05) is 13.1 Å². The molecule has 0 aliphatic carbocycles. The Bertz CT molecular complexity index is 1190. The standard InChI is InChI=1S/C24H36N8O/c1-6-7-17(3)33-24-28-21(25)23-27-15-20(32(23)29-24)13-18-12-16(2)22(26-14-18)31-10-8-19(9-11-31)30(4)5/h12,14-15,17,19H,6-11,13H2,1-5H3,(H2,25,28,29)/t17-/m0/s1/i3D3. The van der Waals surface area contributed by atoms with Crippen LogP contribution >= 0.6 is 0 Å². The third-order valence-corrected chi connectivity index (χ3v) is 6.22. The Morgan fingerprint density at radius 3 is 2.73 bits per heavy atom. The number of nitrogen functional groups attached to an aromatic ring is 1. The summed E-state index contributed by atoms with van der Waals surface area (Å²) in [7, 11) is 4.28. The summed E-state index contributed by atoms with van der Waals surface area (Å²) in [5.74, 6) is 1.17. The number of aryl methyl sites for hydroxylation is 1. The minimum atomic E-state index is -2.28. The smallest absolute Gasteiger partial charge is 0.336 e. The van der Waals surface area contributed by atoms with Gasteiger partial charge in [0, 0.05) is 35.9 Å². The van der Waals surface area contributed by atoms with Gasteiger partial charge in [0.1, 0.15) is 5.82 Å². The Morgan fingerprint density at radius 2 is 2.06 bits per heavy atom. The van der Waals surface area contributed by atoms with Crippen molar-refractivity contribution in [2.24, 2.45) is 0 Å². The number of nitrogens with two attached hydrogens (primary N) is 1. The van der Waals surface area contributed by atoms with Gasteiger partial charge in [-0.1, -0.05) is 19.4 Å². The third kappa shape index (κ3) is 5.19. The van der Waals surface area contributed by atoms with E-state index in [1.54, 1.807) is 10.7 Å². The van der Waals surface area contributed by atoms with E-state index in [4.69, 9.17) is 19.6 Å². The molecule has 178 valence electrons. The predicted molar refractivity (Wildman–Crippen MR) is 131 cm³/mol. The molecule has 3 aromatic rings. The molecule has 3 aromatic heterocycles. The summed E-state index contributed by atoms with van der Waals surface area (Å²) in [5, 5.41) is 4.42. The summed E-state index contributed by atoms with van der Waals surface area (Å²) in [6, 6.07) is 2.70. The van der Waals surface area contributed by atoms with Crippen LogP contribution in [0.2, 0.25) is 0 Å². The quantitative estimate of drug-likeness (QED) is 0.553. The van der Waals surface area contributed by atoms with E-state index < -0.39 is 13.0 Å². The van der Waals surface area contributed by atoms with E-state index in [1.165, 1.54) is 0 Å². The molecule has 1 aliphatic rings. The van der Waals surface area contributed by atoms with E-state index in [-0.39, 0.29) is 11.8 Å². The summed E-state index contributed by atoms with van der Waals surface area (Å²) < 4.78 is 30.5. The lowest BCUT2D eigenvalue weighted by molar-refractivity contribution is 0.189. The van der Waals surface area contributed by atoms with Crippen LogP contribution in [0.25, 0.3) is 5.65 Å². The molecule has 0 amide bonds. The molecule has 0 saturated carbocycles. The summed E-state index contributed by atoms with van der Waals surface area (Å²) in [6.07, 6.45) is 6.40. The van der Waals surface area contributed by atoms with Crippen LogP contribution in [0.15, 0.2) is 18.5 Å². The average molecular weight is 456 g/mol. The van der Waals surface area contributed by atoms with Crippen LogP contribution in [0, 0.1) is 6.92 Å². The van der Waals surface area contributed by atoms with Crippen molar-refractivity contribution in [1.29, 1.82) is 0 Å². The van der Waals surface area contributed by atoms with Gasteiger partial charge in [-0.05, 0) is 58.3 Å². The highest BCUT2D eigenvalue weighted by molar-refractivity contribution is 5.60. The van der Waals surface area contributed by atoms with Crippen LogP contribution in [0.4, 0.5) is 11.6 Å². The van der Waals surface area contributed by atoms with Gasteiger partial charge in [-0.2, -0.15) is 4.98 Å². The van der Waals surface area contributed by atoms with E-state index in [0.29, 0.717) is 31.0 Å². The monoisotopic (exact) mass is 455 g/mol. The number of nitrogens with zero attached hydrogens (tertiary/aromatic N) is 7. The number of imidazole rings is 1. The molecule has 1 atom stereocenters. The molecule has 0 radical (unpaired) electrons. The molecule has 9 heteroatoms. The second-order valence-corrected chi connectivity index (χ2v) is 9.00. The fourth-order valence-electron chi connectivity index (χ4n) is 4.40. The number of hydrogen-bond donors (Lipinski definition) is 1. The number of pyridine rings is 1. The van der Waals surface area contributed by atoms with Crippen LogP contribution in [0.3, 0.4) is 0 Å². The summed E-state index contributed by atoms with van der Waals surface area (Å²) in [6.45, 7) is 3.71. The van der Waals surface area contributed by atoms with Crippen molar-refractivity contribution < 1.29 is 8.85 Å². The molecule has 0 spiro atoms. The fraction of sp³-hybridized carbons (Fsp3) is 0.583. The third-order valence-electron chi connectivity index (χ3n) is 6.22. The molecular weight excluding hydrogens is 416 g/mol. The first-order chi connectivity index (χ1) is 17.1. The average Bonchev–Trinajstić information content (AvgIpc) is 3.21. The lowest BCUT2D eigenvalue weighted by Crippen LogP contribution is -2.42. The molecule has 2 N–H and O–H groups in total. The second kappa shape index (κ2) is 9.91. The van der Waals surface area contributed by atoms with E-state index in [0.717, 1.165) is 48.6 Å². The minimum absolute atomic E-state index is 0.0698. The Hall–Kier alpha value is -2.94. The van der Waals surface area contributed by atoms with Crippen LogP contribution in [0.5, 0.6) is 6.01 Å². The Kier molecular flexibility index (Phi) is 5.86. The van der Waals surface area contributed by atoms with Crippen molar-refractivity contribution in [2.45, 2.75) is 64.9 Å². The molecular formula is C24H36N8O. The van der Waals surface area contributed by atoms with Gasteiger partial charge in [0.15, 0.2) is 11.5 Å². The number of aromatic nitrogens is 5. The molecule has 1 fully saturated rings. The number of rotatable bonds is 8. The molecule has 9 nitrogen and oxygen atoms in total. The van der Waals surface area contributed by atoms with Gasteiger partial charge in [0.25, 0.3) is 0 Å². The maximum Gasteiger partial charge on any atom is 0.336 e. The SMILES string of the molecule is [2H]C([2H])([2H])[C@@H](CCC)Oc1nc(N)c2ncc(Cc3cnc(N4CCC(N(C)C)CC4)c(C)c3)n2n1. The Labute approximate surface area is 200 Å². The van der Waals surface area contributed by atoms with Crippen molar-refractivity contribution in [3.8, 4) is 6.01 Å². The number of hydrogen-bond acceptors (Lipinski definition) is 8. The summed E-state index contributed by atoms with van der Waals surface area (Å²) >= 11 is 0. The van der Waals surface area contributed by atoms with Crippen LogP contribution in [-0.4, -0.2) is 68.8 Å². The van der Waals surface area contributed by atoms with E-state index in [9.17, 15) is 0 Å². The van der Waals surface area contributed by atoms with Crippen molar-refractivity contribution in [2.75, 3.05) is 37.8 Å². The molecule has 4 rings (SSSR count). The van der Waals surface area contributed by atoms with Crippen LogP contribution < -0.4 is 15.4 Å². The maximum atomic E-state index is 7.75. The van der Waals surface area contributed by atoms with Gasteiger partial charge in [0.05, 0.1) is 18.0 Å². The molecule has 0 bridgehead atoms. The Morgan fingerprint density at radius 1 is 1.27 bits per heavy atom. The van der Waals surface area contributed by atoms with Gasteiger partial charge >= 0.3 is 6.01 Å². The van der Waals surface area contributed by atoms with Gasteiger partial charge < -0.3 is 20.3 Å². The first kappa shape index (κ1) is 19.5.